The van der Waals surface area contributed by atoms with Crippen LogP contribution in [0.3, 0.4) is 0 Å². The Kier molecular flexibility index (Phi) is 4.75. The first kappa shape index (κ1) is 15.3. The zero-order valence-corrected chi connectivity index (χ0v) is 13.0. The van der Waals surface area contributed by atoms with Gasteiger partial charge in [0, 0.05) is 19.4 Å². The quantitative estimate of drug-likeness (QED) is 0.763. The lowest BCUT2D eigenvalue weighted by atomic mass is 10.1. The van der Waals surface area contributed by atoms with Crippen LogP contribution in [0.15, 0.2) is 30.6 Å². The number of carbonyl (C=O) groups excluding carboxylic acids is 1. The highest BCUT2D eigenvalue weighted by Crippen LogP contribution is 2.20. The lowest BCUT2D eigenvalue weighted by Crippen LogP contribution is -2.27. The zero-order chi connectivity index (χ0) is 15.4. The van der Waals surface area contributed by atoms with Gasteiger partial charge in [-0.3, -0.25) is 9.69 Å². The van der Waals surface area contributed by atoms with Crippen molar-refractivity contribution in [3.63, 3.8) is 0 Å². The van der Waals surface area contributed by atoms with E-state index in [9.17, 15) is 4.79 Å². The molecule has 0 aliphatic heterocycles. The first-order valence-electron chi connectivity index (χ1n) is 6.84. The van der Waals surface area contributed by atoms with Crippen LogP contribution in [0, 0.1) is 6.92 Å². The fraction of sp³-hybridized carbons (Fsp3) is 0.375. The van der Waals surface area contributed by atoms with Gasteiger partial charge in [-0.15, -0.1) is 0 Å². The van der Waals surface area contributed by atoms with E-state index in [0.717, 1.165) is 11.4 Å². The molecule has 1 aromatic carbocycles. The van der Waals surface area contributed by atoms with Crippen LogP contribution >= 0.6 is 0 Å². The SMILES string of the molecule is COc1cc(C)ccc1C(=O)CN(C)Cc1nccn1C. The lowest BCUT2D eigenvalue weighted by molar-refractivity contribution is 0.0938. The van der Waals surface area contributed by atoms with E-state index in [-0.39, 0.29) is 5.78 Å². The summed E-state index contributed by atoms with van der Waals surface area (Å²) in [4.78, 5) is 18.6. The van der Waals surface area contributed by atoms with Gasteiger partial charge in [-0.05, 0) is 31.7 Å². The predicted molar refractivity (Wildman–Crippen MR) is 81.6 cm³/mol. The van der Waals surface area contributed by atoms with E-state index >= 15 is 0 Å². The maximum absolute atomic E-state index is 12.4. The summed E-state index contributed by atoms with van der Waals surface area (Å²) in [6, 6.07) is 5.63. The number of ketones is 1. The molecule has 0 aliphatic carbocycles. The number of methoxy groups -OCH3 is 1. The average molecular weight is 287 g/mol. The van der Waals surface area contributed by atoms with Crippen LogP contribution in [0.2, 0.25) is 0 Å². The molecule has 0 saturated heterocycles. The number of rotatable bonds is 6. The zero-order valence-electron chi connectivity index (χ0n) is 13.0. The van der Waals surface area contributed by atoms with Gasteiger partial charge in [0.2, 0.25) is 0 Å². The molecule has 0 aliphatic rings. The Morgan fingerprint density at radius 1 is 1.43 bits per heavy atom. The highest BCUT2D eigenvalue weighted by atomic mass is 16.5. The highest BCUT2D eigenvalue weighted by Gasteiger charge is 2.15. The maximum Gasteiger partial charge on any atom is 0.180 e. The number of Topliss-reactive ketones (excluding diaryl/α,β-unsaturated/α-hetero) is 1. The molecule has 5 nitrogen and oxygen atoms in total. The largest absolute Gasteiger partial charge is 0.496 e. The summed E-state index contributed by atoms with van der Waals surface area (Å²) in [5, 5.41) is 0. The van der Waals surface area contributed by atoms with Crippen molar-refractivity contribution in [3.8, 4) is 5.75 Å². The number of ether oxygens (including phenoxy) is 1. The molecular formula is C16H21N3O2. The van der Waals surface area contributed by atoms with E-state index in [1.165, 1.54) is 0 Å². The van der Waals surface area contributed by atoms with E-state index in [0.29, 0.717) is 24.4 Å². The van der Waals surface area contributed by atoms with E-state index in [1.54, 1.807) is 13.3 Å². The number of benzene rings is 1. The van der Waals surface area contributed by atoms with Gasteiger partial charge in [-0.2, -0.15) is 0 Å². The molecule has 112 valence electrons. The third-order valence-electron chi connectivity index (χ3n) is 3.40. The first-order chi connectivity index (χ1) is 10.0. The summed E-state index contributed by atoms with van der Waals surface area (Å²) in [5.41, 5.74) is 1.69. The molecule has 0 N–H and O–H groups in total. The number of carbonyl (C=O) groups is 1. The topological polar surface area (TPSA) is 47.4 Å². The number of nitrogens with zero attached hydrogens (tertiary/aromatic N) is 3. The summed E-state index contributed by atoms with van der Waals surface area (Å²) in [5.74, 6) is 1.61. The molecule has 0 spiro atoms. The monoisotopic (exact) mass is 287 g/mol. The van der Waals surface area contributed by atoms with Crippen LogP contribution in [-0.4, -0.2) is 40.9 Å². The molecule has 0 atom stereocenters. The molecule has 1 heterocycles. The molecule has 21 heavy (non-hydrogen) atoms. The molecule has 0 bridgehead atoms. The highest BCUT2D eigenvalue weighted by molar-refractivity contribution is 6.00. The van der Waals surface area contributed by atoms with Crippen molar-refractivity contribution >= 4 is 5.78 Å². The fourth-order valence-electron chi connectivity index (χ4n) is 2.21. The van der Waals surface area contributed by atoms with Crippen LogP contribution in [0.25, 0.3) is 0 Å². The molecule has 2 aromatic rings. The second-order valence-corrected chi connectivity index (χ2v) is 5.25. The van der Waals surface area contributed by atoms with Crippen molar-refractivity contribution in [1.82, 2.24) is 14.5 Å². The summed E-state index contributed by atoms with van der Waals surface area (Å²) >= 11 is 0. The normalized spacial score (nSPS) is 10.9. The summed E-state index contributed by atoms with van der Waals surface area (Å²) in [7, 11) is 5.44. The van der Waals surface area contributed by atoms with Crippen molar-refractivity contribution in [2.24, 2.45) is 7.05 Å². The van der Waals surface area contributed by atoms with E-state index in [2.05, 4.69) is 4.98 Å². The summed E-state index contributed by atoms with van der Waals surface area (Å²) < 4.78 is 7.25. The van der Waals surface area contributed by atoms with Crippen molar-refractivity contribution in [2.75, 3.05) is 20.7 Å². The van der Waals surface area contributed by atoms with Crippen molar-refractivity contribution in [1.29, 1.82) is 0 Å². The van der Waals surface area contributed by atoms with Crippen molar-refractivity contribution in [3.05, 3.63) is 47.5 Å². The minimum atomic E-state index is 0.0450. The van der Waals surface area contributed by atoms with Gasteiger partial charge in [0.05, 0.1) is 25.8 Å². The number of aryl methyl sites for hydroxylation is 2. The molecule has 0 fully saturated rings. The Balaban J connectivity index is 2.06. The standard InChI is InChI=1S/C16H21N3O2/c1-12-5-6-13(15(9-12)21-4)14(20)10-18(2)11-16-17-7-8-19(16)3/h5-9H,10-11H2,1-4H3. The Morgan fingerprint density at radius 3 is 2.81 bits per heavy atom. The minimum absolute atomic E-state index is 0.0450. The minimum Gasteiger partial charge on any atom is -0.496 e. The fourth-order valence-corrected chi connectivity index (χ4v) is 2.21. The molecule has 0 saturated carbocycles. The van der Waals surface area contributed by atoms with Crippen molar-refractivity contribution < 1.29 is 9.53 Å². The van der Waals surface area contributed by atoms with Gasteiger partial charge in [0.25, 0.3) is 0 Å². The Hall–Kier alpha value is -2.14. The maximum atomic E-state index is 12.4. The van der Waals surface area contributed by atoms with Gasteiger partial charge in [0.1, 0.15) is 11.6 Å². The molecule has 1 aromatic heterocycles. The molecule has 0 unspecified atom stereocenters. The smallest absolute Gasteiger partial charge is 0.180 e. The van der Waals surface area contributed by atoms with Crippen LogP contribution in [0.5, 0.6) is 5.75 Å². The Bertz CT molecular complexity index is 634. The van der Waals surface area contributed by atoms with E-state index in [4.69, 9.17) is 4.74 Å². The third kappa shape index (κ3) is 3.70. The number of imidazole rings is 1. The van der Waals surface area contributed by atoms with Crippen LogP contribution in [0.4, 0.5) is 0 Å². The second kappa shape index (κ2) is 6.54. The average Bonchev–Trinajstić information content (AvgIpc) is 2.83. The molecular weight excluding hydrogens is 266 g/mol. The number of hydrogen-bond acceptors (Lipinski definition) is 4. The first-order valence-corrected chi connectivity index (χ1v) is 6.84. The number of likely N-dealkylation sites (N-methyl/N-ethyl adjacent to an activating group) is 1. The summed E-state index contributed by atoms with van der Waals surface area (Å²) in [6.07, 6.45) is 3.65. The number of aromatic nitrogens is 2. The molecule has 0 radical (unpaired) electrons. The van der Waals surface area contributed by atoms with Gasteiger partial charge in [-0.1, -0.05) is 6.07 Å². The molecule has 5 heteroatoms. The van der Waals surface area contributed by atoms with Gasteiger partial charge in [0.15, 0.2) is 5.78 Å². The van der Waals surface area contributed by atoms with Crippen LogP contribution in [-0.2, 0) is 13.6 Å². The van der Waals surface area contributed by atoms with Gasteiger partial charge < -0.3 is 9.30 Å². The van der Waals surface area contributed by atoms with Gasteiger partial charge >= 0.3 is 0 Å². The van der Waals surface area contributed by atoms with Crippen LogP contribution in [0.1, 0.15) is 21.7 Å². The summed E-state index contributed by atoms with van der Waals surface area (Å²) in [6.45, 7) is 2.93. The van der Waals surface area contributed by atoms with Gasteiger partial charge in [-0.25, -0.2) is 4.98 Å². The predicted octanol–water partition coefficient (Wildman–Crippen LogP) is 2.05. The molecule has 0 amide bonds. The van der Waals surface area contributed by atoms with Crippen LogP contribution < -0.4 is 4.74 Å². The Labute approximate surface area is 125 Å². The van der Waals surface area contributed by atoms with Crippen molar-refractivity contribution in [2.45, 2.75) is 13.5 Å². The Morgan fingerprint density at radius 2 is 2.19 bits per heavy atom. The van der Waals surface area contributed by atoms with E-state index < -0.39 is 0 Å². The lowest BCUT2D eigenvalue weighted by Gasteiger charge is -2.16. The third-order valence-corrected chi connectivity index (χ3v) is 3.40. The second-order valence-electron chi connectivity index (χ2n) is 5.25. The molecule has 2 rings (SSSR count). The number of hydrogen-bond donors (Lipinski definition) is 0. The van der Waals surface area contributed by atoms with E-state index in [1.807, 2.05) is 54.9 Å².